The van der Waals surface area contributed by atoms with Gasteiger partial charge in [0.15, 0.2) is 0 Å². The van der Waals surface area contributed by atoms with E-state index in [2.05, 4.69) is 8.61 Å². The zero-order valence-corrected chi connectivity index (χ0v) is 9.23. The Balaban J connectivity index is 3.58. The van der Waals surface area contributed by atoms with E-state index in [-0.39, 0.29) is 13.0 Å². The number of hydrogen-bond donors (Lipinski definition) is 0. The van der Waals surface area contributed by atoms with Gasteiger partial charge in [0.2, 0.25) is 0 Å². The summed E-state index contributed by atoms with van der Waals surface area (Å²) in [5, 5.41) is 0. The highest BCUT2D eigenvalue weighted by molar-refractivity contribution is 7.85. The summed E-state index contributed by atoms with van der Waals surface area (Å²) in [6.45, 7) is -0.217. The minimum atomic E-state index is -4.55. The standard InChI is InChI=1S/C5H12F2O4SSi/c1-10-13(6,7)5-3-4-11-12(2,8)9/h3-5H2,1-2H3. The first-order chi connectivity index (χ1) is 5.77. The quantitative estimate of drug-likeness (QED) is 0.296. The van der Waals surface area contributed by atoms with E-state index in [0.717, 1.165) is 13.4 Å². The highest BCUT2D eigenvalue weighted by Gasteiger charge is 2.35. The largest absolute Gasteiger partial charge is 0.577 e. The van der Waals surface area contributed by atoms with E-state index in [0.29, 0.717) is 0 Å². The summed E-state index contributed by atoms with van der Waals surface area (Å²) in [6.07, 6.45) is 0.860. The van der Waals surface area contributed by atoms with Crippen LogP contribution < -0.4 is 0 Å². The predicted molar refractivity (Wildman–Crippen MR) is 45.2 cm³/mol. The zero-order valence-electron chi connectivity index (χ0n) is 7.42. The highest BCUT2D eigenvalue weighted by atomic mass is 32.2. The highest BCUT2D eigenvalue weighted by Crippen LogP contribution is 2.16. The Labute approximate surface area is 77.4 Å². The van der Waals surface area contributed by atoms with Gasteiger partial charge in [-0.05, 0) is 6.42 Å². The average molecular weight is 234 g/mol. The summed E-state index contributed by atoms with van der Waals surface area (Å²) in [6, 6.07) is -0.418. The summed E-state index contributed by atoms with van der Waals surface area (Å²) in [7, 11) is -7.12. The van der Waals surface area contributed by atoms with Crippen LogP contribution in [0, 0.1) is 0 Å². The second-order valence-corrected chi connectivity index (χ2v) is 6.30. The van der Waals surface area contributed by atoms with Crippen LogP contribution in [0.15, 0.2) is 0 Å². The molecule has 13 heavy (non-hydrogen) atoms. The van der Waals surface area contributed by atoms with Gasteiger partial charge in [-0.15, -0.1) is 0 Å². The van der Waals surface area contributed by atoms with Gasteiger partial charge in [-0.1, -0.05) is 0 Å². The van der Waals surface area contributed by atoms with Crippen molar-refractivity contribution in [1.29, 1.82) is 0 Å². The van der Waals surface area contributed by atoms with Gasteiger partial charge in [-0.3, -0.25) is 4.18 Å². The molecule has 0 radical (unpaired) electrons. The van der Waals surface area contributed by atoms with Crippen LogP contribution in [0.4, 0.5) is 8.22 Å². The van der Waals surface area contributed by atoms with Crippen LogP contribution in [-0.2, 0) is 18.7 Å². The molecule has 0 amide bonds. The molecule has 0 spiro atoms. The van der Waals surface area contributed by atoms with E-state index in [4.69, 9.17) is 0 Å². The minimum Gasteiger partial charge on any atom is -0.371 e. The van der Waals surface area contributed by atoms with Crippen LogP contribution in [0.1, 0.15) is 6.42 Å². The van der Waals surface area contributed by atoms with E-state index in [1.807, 2.05) is 0 Å². The van der Waals surface area contributed by atoms with Gasteiger partial charge in [0.1, 0.15) is 0 Å². The lowest BCUT2D eigenvalue weighted by atomic mass is 10.5. The van der Waals surface area contributed by atoms with Crippen LogP contribution in [0.25, 0.3) is 0 Å². The molecule has 0 aromatic carbocycles. The van der Waals surface area contributed by atoms with E-state index in [9.17, 15) is 16.6 Å². The molecule has 4 nitrogen and oxygen atoms in total. The summed E-state index contributed by atoms with van der Waals surface area (Å²) in [4.78, 5) is 0. The molecule has 0 bridgehead atoms. The van der Waals surface area contributed by atoms with Crippen molar-refractivity contribution >= 4 is 19.1 Å². The molecule has 0 unspecified atom stereocenters. The number of halogens is 2. The normalized spacial score (nSPS) is 13.2. The van der Waals surface area contributed by atoms with Gasteiger partial charge in [-0.2, -0.15) is 8.42 Å². The SMILES string of the molecule is CO[Si](F)(F)CCCOS(C)(=O)=O. The topological polar surface area (TPSA) is 52.6 Å². The maximum Gasteiger partial charge on any atom is 0.577 e. The van der Waals surface area contributed by atoms with Gasteiger partial charge < -0.3 is 4.43 Å². The van der Waals surface area contributed by atoms with Gasteiger partial charge >= 0.3 is 8.99 Å². The molecule has 8 heteroatoms. The van der Waals surface area contributed by atoms with Gasteiger partial charge in [0, 0.05) is 13.2 Å². The summed E-state index contributed by atoms with van der Waals surface area (Å²) in [5.41, 5.74) is 0. The van der Waals surface area contributed by atoms with Crippen molar-refractivity contribution < 1.29 is 25.2 Å². The van der Waals surface area contributed by atoms with Crippen LogP contribution >= 0.6 is 0 Å². The number of hydrogen-bond acceptors (Lipinski definition) is 4. The zero-order chi connectivity index (χ0) is 10.5. The lowest BCUT2D eigenvalue weighted by Crippen LogP contribution is -2.25. The van der Waals surface area contributed by atoms with E-state index in [1.165, 1.54) is 0 Å². The first-order valence-corrected chi connectivity index (χ1v) is 7.23. The molecule has 0 N–H and O–H groups in total. The third-order valence-corrected chi connectivity index (χ3v) is 3.34. The molecule has 0 saturated carbocycles. The monoisotopic (exact) mass is 234 g/mol. The fraction of sp³-hybridized carbons (Fsp3) is 1.00. The molecule has 0 aliphatic heterocycles. The molecular weight excluding hydrogens is 222 g/mol. The fourth-order valence-electron chi connectivity index (χ4n) is 0.590. The summed E-state index contributed by atoms with van der Waals surface area (Å²) in [5.74, 6) is 0. The van der Waals surface area contributed by atoms with E-state index in [1.54, 1.807) is 0 Å². The van der Waals surface area contributed by atoms with Gasteiger partial charge in [0.25, 0.3) is 10.1 Å². The first kappa shape index (κ1) is 12.9. The fourth-order valence-corrected chi connectivity index (χ4v) is 1.77. The molecule has 0 aliphatic rings. The van der Waals surface area contributed by atoms with Crippen molar-refractivity contribution in [2.75, 3.05) is 20.0 Å². The average Bonchev–Trinajstić information content (AvgIpc) is 1.97. The lowest BCUT2D eigenvalue weighted by molar-refractivity contribution is 0.269. The third kappa shape index (κ3) is 8.28. The molecule has 0 aromatic rings. The molecule has 0 heterocycles. The Bertz CT molecular complexity index is 241. The maximum absolute atomic E-state index is 12.5. The van der Waals surface area contributed by atoms with Crippen molar-refractivity contribution in [1.82, 2.24) is 0 Å². The molecule has 0 aliphatic carbocycles. The minimum absolute atomic E-state index is 0.0138. The van der Waals surface area contributed by atoms with Crippen LogP contribution in [-0.4, -0.2) is 37.4 Å². The van der Waals surface area contributed by atoms with Gasteiger partial charge in [-0.25, -0.2) is 8.22 Å². The maximum atomic E-state index is 12.5. The molecule has 0 rings (SSSR count). The Kier molecular flexibility index (Phi) is 4.96. The second-order valence-electron chi connectivity index (χ2n) is 2.47. The van der Waals surface area contributed by atoms with Crippen LogP contribution in [0.2, 0.25) is 6.04 Å². The molecular formula is C5H12F2O4SSi. The lowest BCUT2D eigenvalue weighted by Gasteiger charge is -2.08. The third-order valence-electron chi connectivity index (χ3n) is 1.21. The molecule has 0 aromatic heterocycles. The smallest absolute Gasteiger partial charge is 0.371 e. The first-order valence-electron chi connectivity index (χ1n) is 3.54. The van der Waals surface area contributed by atoms with Crippen molar-refractivity contribution in [2.24, 2.45) is 0 Å². The Hall–Kier alpha value is -0.0531. The van der Waals surface area contributed by atoms with Crippen molar-refractivity contribution in [2.45, 2.75) is 12.5 Å². The number of rotatable bonds is 6. The van der Waals surface area contributed by atoms with E-state index < -0.39 is 25.1 Å². The predicted octanol–water partition coefficient (Wildman–Crippen LogP) is 0.877. The Morgan fingerprint density at radius 3 is 2.31 bits per heavy atom. The van der Waals surface area contributed by atoms with Crippen molar-refractivity contribution in [3.05, 3.63) is 0 Å². The molecule has 0 saturated heterocycles. The molecule has 0 fully saturated rings. The van der Waals surface area contributed by atoms with Gasteiger partial charge in [0.05, 0.1) is 12.9 Å². The van der Waals surface area contributed by atoms with Crippen molar-refractivity contribution in [3.8, 4) is 0 Å². The Morgan fingerprint density at radius 1 is 1.38 bits per heavy atom. The molecule has 0 atom stereocenters. The van der Waals surface area contributed by atoms with E-state index >= 15 is 0 Å². The van der Waals surface area contributed by atoms with Crippen molar-refractivity contribution in [3.63, 3.8) is 0 Å². The van der Waals surface area contributed by atoms with Crippen LogP contribution in [0.5, 0.6) is 0 Å². The van der Waals surface area contributed by atoms with Crippen LogP contribution in [0.3, 0.4) is 0 Å². The second kappa shape index (κ2) is 4.98. The Morgan fingerprint density at radius 2 is 1.92 bits per heavy atom. The molecule has 80 valence electrons. The summed E-state index contributed by atoms with van der Waals surface area (Å²) < 4.78 is 54.0. The summed E-state index contributed by atoms with van der Waals surface area (Å²) >= 11 is 0.